The van der Waals surface area contributed by atoms with Gasteiger partial charge in [-0.3, -0.25) is 0 Å². The van der Waals surface area contributed by atoms with Crippen LogP contribution in [0.4, 0.5) is 0 Å². The Morgan fingerprint density at radius 2 is 1.38 bits per heavy atom. The molecule has 0 aliphatic rings. The molecule has 3 rings (SSSR count). The molecule has 0 atom stereocenters. The van der Waals surface area contributed by atoms with Crippen molar-refractivity contribution in [2.24, 2.45) is 5.92 Å². The van der Waals surface area contributed by atoms with Gasteiger partial charge in [0.15, 0.2) is 0 Å². The molecule has 21 heavy (non-hydrogen) atoms. The minimum absolute atomic E-state index is 0. The fourth-order valence-electron chi connectivity index (χ4n) is 2.78. The Morgan fingerprint density at radius 1 is 0.857 bits per heavy atom. The molecule has 0 radical (unpaired) electrons. The van der Waals surface area contributed by atoms with Gasteiger partial charge in [-0.15, -0.1) is 12.4 Å². The maximum atomic E-state index is 3.59. The molecule has 3 aromatic rings. The van der Waals surface area contributed by atoms with E-state index in [4.69, 9.17) is 0 Å². The highest BCUT2D eigenvalue weighted by Crippen LogP contribution is 2.28. The van der Waals surface area contributed by atoms with E-state index in [1.807, 2.05) is 0 Å². The summed E-state index contributed by atoms with van der Waals surface area (Å²) in [5, 5.41) is 8.97. The molecule has 0 saturated carbocycles. The van der Waals surface area contributed by atoms with Gasteiger partial charge in [0.25, 0.3) is 0 Å². The van der Waals surface area contributed by atoms with Gasteiger partial charge in [0.2, 0.25) is 0 Å². The Labute approximate surface area is 132 Å². The largest absolute Gasteiger partial charge is 0.312 e. The molecular formula is C19H22ClN. The minimum Gasteiger partial charge on any atom is -0.312 e. The average Bonchev–Trinajstić information content (AvgIpc) is 2.46. The Morgan fingerprint density at radius 3 is 1.90 bits per heavy atom. The van der Waals surface area contributed by atoms with E-state index in [1.54, 1.807) is 0 Å². The molecule has 2 heteroatoms. The van der Waals surface area contributed by atoms with Gasteiger partial charge in [0.1, 0.15) is 0 Å². The number of halogens is 1. The van der Waals surface area contributed by atoms with Crippen molar-refractivity contribution in [2.75, 3.05) is 6.54 Å². The normalized spacial score (nSPS) is 11.0. The van der Waals surface area contributed by atoms with Crippen molar-refractivity contribution in [3.05, 3.63) is 60.2 Å². The Kier molecular flexibility index (Phi) is 5.22. The van der Waals surface area contributed by atoms with Crippen LogP contribution in [-0.4, -0.2) is 6.54 Å². The van der Waals surface area contributed by atoms with Gasteiger partial charge in [0.05, 0.1) is 0 Å². The first kappa shape index (κ1) is 15.8. The Hall–Kier alpha value is -1.57. The smallest absolute Gasteiger partial charge is 0.0217 e. The molecule has 0 aliphatic heterocycles. The zero-order chi connectivity index (χ0) is 13.9. The number of benzene rings is 3. The van der Waals surface area contributed by atoms with Gasteiger partial charge in [0, 0.05) is 6.54 Å². The summed E-state index contributed by atoms with van der Waals surface area (Å²) in [5.74, 6) is 0.677. The van der Waals surface area contributed by atoms with E-state index in [0.29, 0.717) is 5.92 Å². The summed E-state index contributed by atoms with van der Waals surface area (Å²) in [4.78, 5) is 0. The molecule has 0 spiro atoms. The zero-order valence-corrected chi connectivity index (χ0v) is 13.4. The first-order valence-corrected chi connectivity index (χ1v) is 7.36. The van der Waals surface area contributed by atoms with Gasteiger partial charge in [-0.05, 0) is 45.6 Å². The van der Waals surface area contributed by atoms with Crippen molar-refractivity contribution >= 4 is 34.0 Å². The van der Waals surface area contributed by atoms with E-state index in [1.165, 1.54) is 27.1 Å². The van der Waals surface area contributed by atoms with Gasteiger partial charge < -0.3 is 5.32 Å². The van der Waals surface area contributed by atoms with Crippen LogP contribution in [0.3, 0.4) is 0 Å². The van der Waals surface area contributed by atoms with E-state index in [0.717, 1.165) is 13.1 Å². The van der Waals surface area contributed by atoms with Crippen molar-refractivity contribution in [2.45, 2.75) is 20.4 Å². The number of hydrogen-bond donors (Lipinski definition) is 1. The van der Waals surface area contributed by atoms with Gasteiger partial charge in [-0.1, -0.05) is 62.4 Å². The van der Waals surface area contributed by atoms with Gasteiger partial charge in [-0.25, -0.2) is 0 Å². The van der Waals surface area contributed by atoms with Crippen LogP contribution in [0.25, 0.3) is 21.5 Å². The van der Waals surface area contributed by atoms with Crippen LogP contribution in [0.2, 0.25) is 0 Å². The Balaban J connectivity index is 0.00000161. The molecule has 1 nitrogen and oxygen atoms in total. The van der Waals surface area contributed by atoms with Crippen LogP contribution >= 0.6 is 12.4 Å². The van der Waals surface area contributed by atoms with E-state index in [9.17, 15) is 0 Å². The fraction of sp³-hybridized carbons (Fsp3) is 0.263. The molecule has 0 aliphatic carbocycles. The van der Waals surface area contributed by atoms with Crippen molar-refractivity contribution in [1.82, 2.24) is 5.32 Å². The summed E-state index contributed by atoms with van der Waals surface area (Å²) in [6.07, 6.45) is 0. The SMILES string of the molecule is CC(C)CNCc1c2ccccc2cc2ccccc12.Cl. The third-order valence-corrected chi connectivity index (χ3v) is 3.74. The summed E-state index contributed by atoms with van der Waals surface area (Å²) >= 11 is 0. The van der Waals surface area contributed by atoms with E-state index in [-0.39, 0.29) is 12.4 Å². The molecular weight excluding hydrogens is 278 g/mol. The quantitative estimate of drug-likeness (QED) is 0.656. The summed E-state index contributed by atoms with van der Waals surface area (Å²) in [6.45, 7) is 6.47. The molecule has 0 bridgehead atoms. The lowest BCUT2D eigenvalue weighted by atomic mass is 9.96. The van der Waals surface area contributed by atoms with Crippen LogP contribution in [0.15, 0.2) is 54.6 Å². The Bertz CT molecular complexity index is 680. The van der Waals surface area contributed by atoms with E-state index in [2.05, 4.69) is 73.8 Å². The van der Waals surface area contributed by atoms with Crippen LogP contribution in [0, 0.1) is 5.92 Å². The minimum atomic E-state index is 0. The van der Waals surface area contributed by atoms with E-state index < -0.39 is 0 Å². The fourth-order valence-corrected chi connectivity index (χ4v) is 2.78. The maximum absolute atomic E-state index is 3.59. The monoisotopic (exact) mass is 299 g/mol. The van der Waals surface area contributed by atoms with Gasteiger partial charge >= 0.3 is 0 Å². The third-order valence-electron chi connectivity index (χ3n) is 3.74. The molecule has 0 fully saturated rings. The maximum Gasteiger partial charge on any atom is 0.0217 e. The highest BCUT2D eigenvalue weighted by Gasteiger charge is 2.07. The topological polar surface area (TPSA) is 12.0 Å². The van der Waals surface area contributed by atoms with Crippen LogP contribution in [-0.2, 0) is 6.54 Å². The first-order valence-electron chi connectivity index (χ1n) is 7.36. The van der Waals surface area contributed by atoms with Crippen LogP contribution in [0.1, 0.15) is 19.4 Å². The molecule has 0 amide bonds. The second kappa shape index (κ2) is 6.93. The van der Waals surface area contributed by atoms with Crippen molar-refractivity contribution in [3.63, 3.8) is 0 Å². The second-order valence-corrected chi connectivity index (χ2v) is 5.82. The molecule has 0 aromatic heterocycles. The zero-order valence-electron chi connectivity index (χ0n) is 12.6. The second-order valence-electron chi connectivity index (χ2n) is 5.82. The molecule has 110 valence electrons. The molecule has 0 heterocycles. The average molecular weight is 300 g/mol. The van der Waals surface area contributed by atoms with Crippen LogP contribution < -0.4 is 5.32 Å². The predicted molar refractivity (Wildman–Crippen MR) is 95.2 cm³/mol. The summed E-state index contributed by atoms with van der Waals surface area (Å²) in [6, 6.07) is 19.6. The number of hydrogen-bond acceptors (Lipinski definition) is 1. The predicted octanol–water partition coefficient (Wildman–Crippen LogP) is 5.16. The number of nitrogens with one attached hydrogen (secondary N) is 1. The number of rotatable bonds is 4. The van der Waals surface area contributed by atoms with Crippen molar-refractivity contribution in [3.8, 4) is 0 Å². The molecule has 1 N–H and O–H groups in total. The molecule has 0 saturated heterocycles. The summed E-state index contributed by atoms with van der Waals surface area (Å²) in [7, 11) is 0. The molecule has 0 unspecified atom stereocenters. The molecule has 3 aromatic carbocycles. The summed E-state index contributed by atoms with van der Waals surface area (Å²) in [5.41, 5.74) is 1.42. The van der Waals surface area contributed by atoms with Crippen LogP contribution in [0.5, 0.6) is 0 Å². The van der Waals surface area contributed by atoms with Crippen molar-refractivity contribution in [1.29, 1.82) is 0 Å². The first-order chi connectivity index (χ1) is 9.75. The van der Waals surface area contributed by atoms with Crippen molar-refractivity contribution < 1.29 is 0 Å². The van der Waals surface area contributed by atoms with Gasteiger partial charge in [-0.2, -0.15) is 0 Å². The lowest BCUT2D eigenvalue weighted by Gasteiger charge is -2.13. The number of fused-ring (bicyclic) bond motifs is 2. The lowest BCUT2D eigenvalue weighted by Crippen LogP contribution is -2.19. The lowest BCUT2D eigenvalue weighted by molar-refractivity contribution is 0.554. The standard InChI is InChI=1S/C19H21N.ClH/c1-14(2)12-20-13-19-17-9-5-3-7-15(17)11-16-8-4-6-10-18(16)19;/h3-11,14,20H,12-13H2,1-2H3;1H. The summed E-state index contributed by atoms with van der Waals surface area (Å²) < 4.78 is 0. The third kappa shape index (κ3) is 3.37. The highest BCUT2D eigenvalue weighted by molar-refractivity contribution is 6.02. The van der Waals surface area contributed by atoms with E-state index >= 15 is 0 Å². The highest BCUT2D eigenvalue weighted by atomic mass is 35.5.